The monoisotopic (exact) mass is 591 g/mol. The minimum atomic E-state index is -4.39. The highest BCUT2D eigenvalue weighted by molar-refractivity contribution is 7.51. The first-order valence-corrected chi connectivity index (χ1v) is 14.5. The summed E-state index contributed by atoms with van der Waals surface area (Å²) in [7, 11) is -4.39. The largest absolute Gasteiger partial charge is 0.511 e. The fourth-order valence-corrected chi connectivity index (χ4v) is 3.75. The maximum atomic E-state index is 11.2. The van der Waals surface area contributed by atoms with Crippen molar-refractivity contribution >= 4 is 36.9 Å². The van der Waals surface area contributed by atoms with Gasteiger partial charge in [-0.05, 0) is 53.4 Å². The van der Waals surface area contributed by atoms with Crippen LogP contribution in [0, 0.1) is 0 Å². The Kier molecular flexibility index (Phi) is 12.5. The summed E-state index contributed by atoms with van der Waals surface area (Å²) in [4.78, 5) is 52.6. The number of nitrogens with one attached hydrogen (secondary N) is 1. The fraction of sp³-hybridized carbons (Fsp3) is 0.696. The van der Waals surface area contributed by atoms with Crippen LogP contribution in [0.25, 0.3) is 11.2 Å². The van der Waals surface area contributed by atoms with E-state index in [1.165, 1.54) is 23.6 Å². The number of aromatic nitrogens is 4. The lowest BCUT2D eigenvalue weighted by molar-refractivity contribution is -0.125. The van der Waals surface area contributed by atoms with Gasteiger partial charge in [-0.1, -0.05) is 6.92 Å². The lowest BCUT2D eigenvalue weighted by Crippen LogP contribution is -2.40. The number of ether oxygens (including phenoxy) is 5. The Hall–Kier alpha value is -3.04. The normalized spacial score (nSPS) is 15.1. The Labute approximate surface area is 231 Å². The summed E-state index contributed by atoms with van der Waals surface area (Å²) in [6, 6.07) is 0.364. The third-order valence-corrected chi connectivity index (χ3v) is 6.00. The molecule has 0 aromatic carbocycles. The fourth-order valence-electron chi connectivity index (χ4n) is 3.34. The highest BCUT2D eigenvalue weighted by Crippen LogP contribution is 2.38. The van der Waals surface area contributed by atoms with E-state index < -0.39 is 45.4 Å². The highest BCUT2D eigenvalue weighted by Gasteiger charge is 2.35. The molecule has 16 nitrogen and oxygen atoms in total. The summed E-state index contributed by atoms with van der Waals surface area (Å²) in [5, 5.41) is 13.2. The van der Waals surface area contributed by atoms with Crippen LogP contribution in [0.1, 0.15) is 60.3 Å². The number of carbonyl (C=O) groups is 2. The second-order valence-electron chi connectivity index (χ2n) is 9.42. The van der Waals surface area contributed by atoms with E-state index in [-0.39, 0.29) is 18.6 Å². The van der Waals surface area contributed by atoms with Gasteiger partial charge in [-0.3, -0.25) is 9.13 Å². The maximum absolute atomic E-state index is 11.2. The van der Waals surface area contributed by atoms with Gasteiger partial charge < -0.3 is 43.9 Å². The van der Waals surface area contributed by atoms with Gasteiger partial charge in [0, 0.05) is 6.04 Å². The second-order valence-corrected chi connectivity index (χ2v) is 11.0. The first-order valence-electron chi connectivity index (χ1n) is 12.7. The van der Waals surface area contributed by atoms with Crippen LogP contribution in [0.3, 0.4) is 0 Å². The topological polar surface area (TPSA) is 214 Å². The summed E-state index contributed by atoms with van der Waals surface area (Å²) < 4.78 is 36.2. The number of hydrogen-bond donors (Lipinski definition) is 4. The first-order chi connectivity index (χ1) is 18.8. The molecule has 0 radical (unpaired) electrons. The second kappa shape index (κ2) is 15.1. The van der Waals surface area contributed by atoms with Crippen molar-refractivity contribution in [2.75, 3.05) is 25.1 Å². The Morgan fingerprint density at radius 2 is 1.70 bits per heavy atom. The molecule has 1 unspecified atom stereocenters. The zero-order valence-electron chi connectivity index (χ0n) is 23.2. The van der Waals surface area contributed by atoms with Gasteiger partial charge in [0.15, 0.2) is 29.1 Å². The van der Waals surface area contributed by atoms with Crippen molar-refractivity contribution < 1.29 is 52.7 Å². The van der Waals surface area contributed by atoms with Crippen LogP contribution in [-0.2, 0) is 34.0 Å². The third kappa shape index (κ3) is 10.2. The number of nitrogens with zero attached hydrogens (tertiary/aromatic N) is 4. The van der Waals surface area contributed by atoms with Gasteiger partial charge in [0.25, 0.3) is 0 Å². The molecule has 226 valence electrons. The Balaban J connectivity index is 0.000000323. The SMILES string of the molecule is CC(C)OC(=O)OCOC(=O)OC(C)C.CCC(CO)(OCP(=O)(O)O)n1cnc2c(NC3CCC3)ncnc21. The summed E-state index contributed by atoms with van der Waals surface area (Å²) in [5.74, 6) is 0.603. The molecule has 1 atom stereocenters. The molecule has 2 aromatic heterocycles. The van der Waals surface area contributed by atoms with Crippen LogP contribution >= 0.6 is 7.60 Å². The van der Waals surface area contributed by atoms with Crippen LogP contribution < -0.4 is 5.32 Å². The highest BCUT2D eigenvalue weighted by atomic mass is 31.2. The van der Waals surface area contributed by atoms with Crippen molar-refractivity contribution in [3.05, 3.63) is 12.7 Å². The Morgan fingerprint density at radius 3 is 2.15 bits per heavy atom. The van der Waals surface area contributed by atoms with Crippen molar-refractivity contribution in [2.45, 2.75) is 84.3 Å². The van der Waals surface area contributed by atoms with E-state index in [0.717, 1.165) is 12.8 Å². The first kappa shape index (κ1) is 33.2. The number of hydrogen-bond acceptors (Lipinski definition) is 13. The number of imidazole rings is 1. The van der Waals surface area contributed by atoms with Crippen LogP contribution in [0.2, 0.25) is 0 Å². The summed E-state index contributed by atoms with van der Waals surface area (Å²) >= 11 is 0. The average Bonchev–Trinajstić information content (AvgIpc) is 3.27. The minimum Gasteiger partial charge on any atom is -0.431 e. The zero-order valence-corrected chi connectivity index (χ0v) is 24.1. The number of aliphatic hydroxyl groups is 1. The molecule has 1 aliphatic rings. The number of anilines is 1. The van der Waals surface area contributed by atoms with E-state index in [0.29, 0.717) is 23.0 Å². The number of rotatable bonds is 12. The third-order valence-electron chi connectivity index (χ3n) is 5.54. The maximum Gasteiger partial charge on any atom is 0.511 e. The Morgan fingerprint density at radius 1 is 1.10 bits per heavy atom. The number of aliphatic hydroxyl groups excluding tert-OH is 1. The molecule has 3 rings (SSSR count). The predicted octanol–water partition coefficient (Wildman–Crippen LogP) is 3.06. The molecular weight excluding hydrogens is 553 g/mol. The van der Waals surface area contributed by atoms with E-state index in [1.54, 1.807) is 34.6 Å². The molecular formula is C23H38N5O11P. The van der Waals surface area contributed by atoms with E-state index in [9.17, 15) is 19.3 Å². The average molecular weight is 592 g/mol. The van der Waals surface area contributed by atoms with Crippen LogP contribution in [0.4, 0.5) is 15.4 Å². The van der Waals surface area contributed by atoms with Gasteiger partial charge in [0.2, 0.25) is 6.79 Å². The Bertz CT molecular complexity index is 1120. The van der Waals surface area contributed by atoms with E-state index >= 15 is 0 Å². The van der Waals surface area contributed by atoms with Crippen molar-refractivity contribution in [1.29, 1.82) is 0 Å². The molecule has 17 heteroatoms. The van der Waals surface area contributed by atoms with Crippen LogP contribution in [0.5, 0.6) is 0 Å². The lowest BCUT2D eigenvalue weighted by atomic mass is 9.93. The molecule has 0 amide bonds. The van der Waals surface area contributed by atoms with Crippen molar-refractivity contribution in [1.82, 2.24) is 19.5 Å². The molecule has 1 aliphatic carbocycles. The van der Waals surface area contributed by atoms with Gasteiger partial charge in [-0.15, -0.1) is 0 Å². The summed E-state index contributed by atoms with van der Waals surface area (Å²) in [6.45, 7) is 7.45. The molecule has 1 fully saturated rings. The molecule has 0 saturated heterocycles. The molecule has 1 saturated carbocycles. The van der Waals surface area contributed by atoms with E-state index in [4.69, 9.17) is 14.5 Å². The standard InChI is InChI=1S/C14H22N5O5P.C9H16O6/c1-2-14(6-20,24-9-25(21,22)23)19-8-17-11-12(15-7-16-13(11)19)18-10-4-3-5-10;1-6(2)14-8(10)12-5-13-9(11)15-7(3)4/h7-8,10,20H,2-6,9H2,1H3,(H,15,16,18)(H2,21,22,23);6-7H,5H2,1-4H3. The predicted molar refractivity (Wildman–Crippen MR) is 140 cm³/mol. The number of fused-ring (bicyclic) bond motifs is 1. The molecule has 0 bridgehead atoms. The van der Waals surface area contributed by atoms with Gasteiger partial charge >= 0.3 is 19.9 Å². The molecule has 2 heterocycles. The van der Waals surface area contributed by atoms with Gasteiger partial charge in [-0.2, -0.15) is 0 Å². The lowest BCUT2D eigenvalue weighted by Gasteiger charge is -2.32. The summed E-state index contributed by atoms with van der Waals surface area (Å²) in [6.07, 6.45) is 3.31. The van der Waals surface area contributed by atoms with Crippen molar-refractivity contribution in [3.63, 3.8) is 0 Å². The molecule has 0 aliphatic heterocycles. The van der Waals surface area contributed by atoms with Gasteiger partial charge in [0.05, 0.1) is 25.1 Å². The van der Waals surface area contributed by atoms with E-state index in [1.807, 2.05) is 0 Å². The van der Waals surface area contributed by atoms with Gasteiger partial charge in [0.1, 0.15) is 6.33 Å². The van der Waals surface area contributed by atoms with Crippen LogP contribution in [-0.4, -0.2) is 84.7 Å². The molecule has 40 heavy (non-hydrogen) atoms. The molecule has 2 aromatic rings. The smallest absolute Gasteiger partial charge is 0.431 e. The van der Waals surface area contributed by atoms with E-state index in [2.05, 4.69) is 39.2 Å². The van der Waals surface area contributed by atoms with Crippen molar-refractivity contribution in [2.24, 2.45) is 0 Å². The molecule has 4 N–H and O–H groups in total. The summed E-state index contributed by atoms with van der Waals surface area (Å²) in [5.41, 5.74) is -0.406. The number of carbonyl (C=O) groups excluding carboxylic acids is 2. The van der Waals surface area contributed by atoms with Gasteiger partial charge in [-0.25, -0.2) is 24.5 Å². The van der Waals surface area contributed by atoms with Crippen molar-refractivity contribution in [3.8, 4) is 0 Å². The minimum absolute atomic E-state index is 0.268. The quantitative estimate of drug-likeness (QED) is 0.159. The van der Waals surface area contributed by atoms with Crippen LogP contribution in [0.15, 0.2) is 12.7 Å². The zero-order chi connectivity index (χ0) is 29.9. The molecule has 0 spiro atoms.